The topological polar surface area (TPSA) is 29.1 Å². The second kappa shape index (κ2) is 6.50. The molecule has 0 spiro atoms. The Morgan fingerprint density at radius 1 is 1.00 bits per heavy atom. The Hall–Kier alpha value is -2.37. The summed E-state index contributed by atoms with van der Waals surface area (Å²) < 4.78 is 52.8. The molecule has 6 heteroatoms. The molecule has 0 aliphatic heterocycles. The molecule has 0 aliphatic carbocycles. The lowest BCUT2D eigenvalue weighted by atomic mass is 9.82. The van der Waals surface area contributed by atoms with Gasteiger partial charge in [-0.1, -0.05) is 17.7 Å². The molecule has 0 saturated carbocycles. The molecule has 0 bridgehead atoms. The van der Waals surface area contributed by atoms with Crippen LogP contribution >= 0.6 is 0 Å². The van der Waals surface area contributed by atoms with Gasteiger partial charge in [0, 0.05) is 11.3 Å². The fraction of sp³-hybridized carbons (Fsp3) is 0.316. The molecule has 134 valence electrons. The lowest BCUT2D eigenvalue weighted by Gasteiger charge is -2.26. The van der Waals surface area contributed by atoms with Crippen LogP contribution in [0.1, 0.15) is 36.1 Å². The predicted molar refractivity (Wildman–Crippen MR) is 89.0 cm³/mol. The Bertz CT molecular complexity index is 810. The summed E-state index contributed by atoms with van der Waals surface area (Å²) in [7, 11) is 0. The van der Waals surface area contributed by atoms with E-state index in [2.05, 4.69) is 5.32 Å². The number of nitrogens with one attached hydrogen (secondary N) is 1. The van der Waals surface area contributed by atoms with Crippen LogP contribution in [-0.2, 0) is 16.4 Å². The Morgan fingerprint density at radius 3 is 2.20 bits per heavy atom. The number of carbonyl (C=O) groups is 1. The van der Waals surface area contributed by atoms with Crippen LogP contribution in [0.25, 0.3) is 0 Å². The summed E-state index contributed by atoms with van der Waals surface area (Å²) in [5.41, 5.74) is -0.410. The minimum atomic E-state index is -4.61. The maximum atomic E-state index is 14.1. The molecule has 1 N–H and O–H groups in total. The molecular weight excluding hydrogens is 334 g/mol. The van der Waals surface area contributed by atoms with E-state index in [0.717, 1.165) is 17.2 Å². The smallest absolute Gasteiger partial charge is 0.325 e. The average molecular weight is 353 g/mol. The van der Waals surface area contributed by atoms with E-state index in [1.807, 2.05) is 13.0 Å². The summed E-state index contributed by atoms with van der Waals surface area (Å²) in [6.45, 7) is 6.50. The number of rotatable bonds is 3. The highest BCUT2D eigenvalue weighted by molar-refractivity contribution is 5.99. The third kappa shape index (κ3) is 4.00. The van der Waals surface area contributed by atoms with Crippen molar-refractivity contribution in [2.75, 3.05) is 5.32 Å². The molecule has 0 aromatic heterocycles. The SMILES string of the molecule is Cc1ccc(NC(=O)C(C)(C)c2cc(C(F)(F)F)ccc2F)c(C)c1. The van der Waals surface area contributed by atoms with E-state index < -0.39 is 28.9 Å². The number of carbonyl (C=O) groups excluding carboxylic acids is 1. The van der Waals surface area contributed by atoms with E-state index >= 15 is 0 Å². The monoisotopic (exact) mass is 353 g/mol. The number of anilines is 1. The number of amides is 1. The number of hydrogen-bond donors (Lipinski definition) is 1. The van der Waals surface area contributed by atoms with E-state index in [9.17, 15) is 22.4 Å². The predicted octanol–water partition coefficient (Wildman–Crippen LogP) is 5.38. The van der Waals surface area contributed by atoms with E-state index in [0.29, 0.717) is 17.8 Å². The summed E-state index contributed by atoms with van der Waals surface area (Å²) in [6, 6.07) is 7.48. The zero-order chi connectivity index (χ0) is 19.0. The molecular formula is C19H19F4NO. The van der Waals surface area contributed by atoms with Gasteiger partial charge in [0.1, 0.15) is 5.82 Å². The molecule has 0 atom stereocenters. The number of halogens is 4. The Kier molecular flexibility index (Phi) is 4.93. The number of aryl methyl sites for hydroxylation is 2. The van der Waals surface area contributed by atoms with Gasteiger partial charge in [0.05, 0.1) is 11.0 Å². The highest BCUT2D eigenvalue weighted by Crippen LogP contribution is 2.35. The van der Waals surface area contributed by atoms with E-state index in [1.54, 1.807) is 19.1 Å². The van der Waals surface area contributed by atoms with Crippen molar-refractivity contribution >= 4 is 11.6 Å². The van der Waals surface area contributed by atoms with Gasteiger partial charge in [-0.3, -0.25) is 4.79 Å². The van der Waals surface area contributed by atoms with Gasteiger partial charge < -0.3 is 5.32 Å². The molecule has 0 radical (unpaired) electrons. The van der Waals surface area contributed by atoms with Crippen molar-refractivity contribution in [3.8, 4) is 0 Å². The highest BCUT2D eigenvalue weighted by Gasteiger charge is 2.37. The van der Waals surface area contributed by atoms with Gasteiger partial charge in [0.25, 0.3) is 0 Å². The zero-order valence-electron chi connectivity index (χ0n) is 14.4. The van der Waals surface area contributed by atoms with Gasteiger partial charge in [-0.2, -0.15) is 13.2 Å². The quantitative estimate of drug-likeness (QED) is 0.738. The summed E-state index contributed by atoms with van der Waals surface area (Å²) in [6.07, 6.45) is -4.61. The highest BCUT2D eigenvalue weighted by atomic mass is 19.4. The van der Waals surface area contributed by atoms with Gasteiger partial charge in [-0.15, -0.1) is 0 Å². The maximum Gasteiger partial charge on any atom is 0.416 e. The lowest BCUT2D eigenvalue weighted by molar-refractivity contribution is -0.137. The van der Waals surface area contributed by atoms with Crippen molar-refractivity contribution in [2.24, 2.45) is 0 Å². The van der Waals surface area contributed by atoms with E-state index in [-0.39, 0.29) is 5.56 Å². The zero-order valence-corrected chi connectivity index (χ0v) is 14.4. The molecule has 2 rings (SSSR count). The fourth-order valence-corrected chi connectivity index (χ4v) is 2.54. The van der Waals surface area contributed by atoms with Crippen LogP contribution in [-0.4, -0.2) is 5.91 Å². The summed E-state index contributed by atoms with van der Waals surface area (Å²) in [5, 5.41) is 2.67. The fourth-order valence-electron chi connectivity index (χ4n) is 2.54. The molecule has 25 heavy (non-hydrogen) atoms. The maximum absolute atomic E-state index is 14.1. The molecule has 2 aromatic carbocycles. The van der Waals surface area contributed by atoms with Crippen LogP contribution in [0, 0.1) is 19.7 Å². The number of alkyl halides is 3. The van der Waals surface area contributed by atoms with E-state index in [1.165, 1.54) is 13.8 Å². The van der Waals surface area contributed by atoms with Crippen LogP contribution in [0.2, 0.25) is 0 Å². The van der Waals surface area contributed by atoms with Gasteiger partial charge in [-0.05, 0) is 57.5 Å². The molecule has 2 nitrogen and oxygen atoms in total. The van der Waals surface area contributed by atoms with Crippen molar-refractivity contribution in [3.63, 3.8) is 0 Å². The van der Waals surface area contributed by atoms with Crippen molar-refractivity contribution < 1.29 is 22.4 Å². The average Bonchev–Trinajstić information content (AvgIpc) is 2.49. The first kappa shape index (κ1) is 19.0. The van der Waals surface area contributed by atoms with E-state index in [4.69, 9.17) is 0 Å². The van der Waals surface area contributed by atoms with Gasteiger partial charge >= 0.3 is 6.18 Å². The van der Waals surface area contributed by atoms with Crippen molar-refractivity contribution in [3.05, 3.63) is 64.5 Å². The molecule has 0 unspecified atom stereocenters. The third-order valence-electron chi connectivity index (χ3n) is 4.16. The normalized spacial score (nSPS) is 12.2. The van der Waals surface area contributed by atoms with Gasteiger partial charge in [-0.25, -0.2) is 4.39 Å². The molecule has 1 amide bonds. The minimum Gasteiger partial charge on any atom is -0.325 e. The van der Waals surface area contributed by atoms with Gasteiger partial charge in [0.15, 0.2) is 0 Å². The largest absolute Gasteiger partial charge is 0.416 e. The number of benzene rings is 2. The number of hydrogen-bond acceptors (Lipinski definition) is 1. The third-order valence-corrected chi connectivity index (χ3v) is 4.16. The van der Waals surface area contributed by atoms with Crippen LogP contribution in [0.4, 0.5) is 23.2 Å². The molecule has 0 aliphatic rings. The summed E-state index contributed by atoms with van der Waals surface area (Å²) in [5.74, 6) is -1.44. The Labute approximate surface area is 143 Å². The van der Waals surface area contributed by atoms with Crippen LogP contribution in [0.3, 0.4) is 0 Å². The Balaban J connectivity index is 2.38. The lowest BCUT2D eigenvalue weighted by Crippen LogP contribution is -2.36. The second-order valence-electron chi connectivity index (χ2n) is 6.59. The van der Waals surface area contributed by atoms with Crippen molar-refractivity contribution in [2.45, 2.75) is 39.3 Å². The second-order valence-corrected chi connectivity index (χ2v) is 6.59. The van der Waals surface area contributed by atoms with Crippen LogP contribution in [0.15, 0.2) is 36.4 Å². The molecule has 0 heterocycles. The van der Waals surface area contributed by atoms with Crippen LogP contribution in [0.5, 0.6) is 0 Å². The first-order chi connectivity index (χ1) is 11.4. The van der Waals surface area contributed by atoms with Crippen molar-refractivity contribution in [1.29, 1.82) is 0 Å². The van der Waals surface area contributed by atoms with Crippen LogP contribution < -0.4 is 5.32 Å². The molecule has 2 aromatic rings. The summed E-state index contributed by atoms with van der Waals surface area (Å²) in [4.78, 5) is 12.6. The molecule has 0 saturated heterocycles. The van der Waals surface area contributed by atoms with Crippen molar-refractivity contribution in [1.82, 2.24) is 0 Å². The standard InChI is InChI=1S/C19H19F4NO/c1-11-5-8-16(12(2)9-11)24-17(25)18(3,4)14-10-13(19(21,22)23)6-7-15(14)20/h5-10H,1-4H3,(H,24,25). The molecule has 0 fully saturated rings. The first-order valence-corrected chi connectivity index (χ1v) is 7.69. The Morgan fingerprint density at radius 2 is 1.64 bits per heavy atom. The van der Waals surface area contributed by atoms with Gasteiger partial charge in [0.2, 0.25) is 5.91 Å². The first-order valence-electron chi connectivity index (χ1n) is 7.69. The minimum absolute atomic E-state index is 0.301. The summed E-state index contributed by atoms with van der Waals surface area (Å²) >= 11 is 0.